The summed E-state index contributed by atoms with van der Waals surface area (Å²) in [4.78, 5) is 0. The molecule has 0 radical (unpaired) electrons. The van der Waals surface area contributed by atoms with Crippen LogP contribution in [0.4, 0.5) is 8.78 Å². The SMILES string of the molecule is CC(C#N)CC(F)(F)CBr. The van der Waals surface area contributed by atoms with E-state index in [9.17, 15) is 8.78 Å². The van der Waals surface area contributed by atoms with Crippen molar-refractivity contribution in [3.8, 4) is 6.07 Å². The smallest absolute Gasteiger partial charge is 0.206 e. The Kier molecular flexibility index (Phi) is 3.80. The molecule has 0 aliphatic heterocycles. The van der Waals surface area contributed by atoms with E-state index in [1.54, 1.807) is 6.07 Å². The summed E-state index contributed by atoms with van der Waals surface area (Å²) in [6.07, 6.45) is -0.366. The summed E-state index contributed by atoms with van der Waals surface area (Å²) in [5.74, 6) is -3.32. The van der Waals surface area contributed by atoms with E-state index < -0.39 is 11.8 Å². The first-order chi connectivity index (χ1) is 4.52. The van der Waals surface area contributed by atoms with Gasteiger partial charge in [0.25, 0.3) is 5.92 Å². The van der Waals surface area contributed by atoms with Gasteiger partial charge in [-0.3, -0.25) is 0 Å². The number of nitrogens with zero attached hydrogens (tertiary/aromatic N) is 1. The maximum absolute atomic E-state index is 12.4. The molecule has 0 aromatic rings. The highest BCUT2D eigenvalue weighted by molar-refractivity contribution is 9.09. The van der Waals surface area contributed by atoms with E-state index in [0.717, 1.165) is 0 Å². The van der Waals surface area contributed by atoms with Crippen LogP contribution < -0.4 is 0 Å². The molecule has 0 rings (SSSR count). The molecule has 10 heavy (non-hydrogen) atoms. The molecule has 0 spiro atoms. The lowest BCUT2D eigenvalue weighted by molar-refractivity contribution is 0.0113. The summed E-state index contributed by atoms with van der Waals surface area (Å²) in [5.41, 5.74) is 0. The minimum Gasteiger partial charge on any atom is -0.206 e. The van der Waals surface area contributed by atoms with Crippen LogP contribution in [-0.2, 0) is 0 Å². The Morgan fingerprint density at radius 3 is 2.50 bits per heavy atom. The van der Waals surface area contributed by atoms with E-state index in [1.807, 2.05) is 0 Å². The fourth-order valence-corrected chi connectivity index (χ4v) is 0.777. The molecule has 1 nitrogen and oxygen atoms in total. The van der Waals surface area contributed by atoms with Gasteiger partial charge in [0.1, 0.15) is 0 Å². The Morgan fingerprint density at radius 1 is 1.70 bits per heavy atom. The molecule has 0 aromatic carbocycles. The Bertz CT molecular complexity index is 141. The lowest BCUT2D eigenvalue weighted by atomic mass is 10.1. The molecule has 0 bridgehead atoms. The topological polar surface area (TPSA) is 23.8 Å². The van der Waals surface area contributed by atoms with Crippen LogP contribution in [0.1, 0.15) is 13.3 Å². The van der Waals surface area contributed by atoms with E-state index in [2.05, 4.69) is 15.9 Å². The first kappa shape index (κ1) is 9.83. The van der Waals surface area contributed by atoms with Gasteiger partial charge in [-0.05, 0) is 6.92 Å². The molecule has 58 valence electrons. The first-order valence-corrected chi connectivity index (χ1v) is 3.97. The van der Waals surface area contributed by atoms with Gasteiger partial charge in [0.05, 0.1) is 11.4 Å². The predicted molar refractivity (Wildman–Crippen MR) is 38.1 cm³/mol. The predicted octanol–water partition coefficient (Wildman–Crippen LogP) is 2.57. The van der Waals surface area contributed by atoms with Gasteiger partial charge in [-0.15, -0.1) is 0 Å². The molecule has 0 fully saturated rings. The summed E-state index contributed by atoms with van der Waals surface area (Å²) >= 11 is 2.67. The van der Waals surface area contributed by atoms with Crippen LogP contribution in [0.2, 0.25) is 0 Å². The van der Waals surface area contributed by atoms with Crippen molar-refractivity contribution in [1.82, 2.24) is 0 Å². The second-order valence-corrected chi connectivity index (χ2v) is 2.78. The van der Waals surface area contributed by atoms with Gasteiger partial charge in [-0.1, -0.05) is 15.9 Å². The average Bonchev–Trinajstić information content (AvgIpc) is 1.87. The third-order valence-electron chi connectivity index (χ3n) is 1.02. The standard InChI is InChI=1S/C6H8BrF2N/c1-5(3-10)2-6(8,9)4-7/h5H,2,4H2,1H3. The first-order valence-electron chi connectivity index (χ1n) is 2.85. The lowest BCUT2D eigenvalue weighted by Gasteiger charge is -2.13. The van der Waals surface area contributed by atoms with Crippen LogP contribution in [0.3, 0.4) is 0 Å². The van der Waals surface area contributed by atoms with Crippen LogP contribution in [0, 0.1) is 17.2 Å². The monoisotopic (exact) mass is 211 g/mol. The molecule has 4 heteroatoms. The van der Waals surface area contributed by atoms with Gasteiger partial charge in [-0.25, -0.2) is 8.78 Å². The van der Waals surface area contributed by atoms with Gasteiger partial charge in [0, 0.05) is 12.3 Å². The van der Waals surface area contributed by atoms with Crippen LogP contribution in [0.5, 0.6) is 0 Å². The van der Waals surface area contributed by atoms with Crippen molar-refractivity contribution in [2.75, 3.05) is 5.33 Å². The summed E-state index contributed by atoms with van der Waals surface area (Å²) in [6, 6.07) is 1.75. The summed E-state index contributed by atoms with van der Waals surface area (Å²) in [6.45, 7) is 1.48. The van der Waals surface area contributed by atoms with Crippen molar-refractivity contribution < 1.29 is 8.78 Å². The van der Waals surface area contributed by atoms with Crippen LogP contribution >= 0.6 is 15.9 Å². The second-order valence-electron chi connectivity index (χ2n) is 2.22. The average molecular weight is 212 g/mol. The molecule has 0 aliphatic rings. The minimum atomic E-state index is -2.74. The van der Waals surface area contributed by atoms with Crippen LogP contribution in [-0.4, -0.2) is 11.3 Å². The maximum atomic E-state index is 12.4. The van der Waals surface area contributed by atoms with E-state index in [0.29, 0.717) is 0 Å². The molecule has 1 atom stereocenters. The molecule has 0 aliphatic carbocycles. The molecule has 0 heterocycles. The number of hydrogen-bond donors (Lipinski definition) is 0. The van der Waals surface area contributed by atoms with E-state index in [4.69, 9.17) is 5.26 Å². The van der Waals surface area contributed by atoms with Gasteiger partial charge in [0.15, 0.2) is 0 Å². The summed E-state index contributed by atoms with van der Waals surface area (Å²) in [5, 5.41) is 7.83. The molecule has 0 saturated heterocycles. The largest absolute Gasteiger partial charge is 0.258 e. The summed E-state index contributed by atoms with van der Waals surface area (Å²) < 4.78 is 24.8. The Hall–Kier alpha value is -0.170. The van der Waals surface area contributed by atoms with E-state index >= 15 is 0 Å². The third-order valence-corrected chi connectivity index (χ3v) is 1.84. The van der Waals surface area contributed by atoms with Crippen molar-refractivity contribution in [2.24, 2.45) is 5.92 Å². The molecule has 0 N–H and O–H groups in total. The molecule has 0 amide bonds. The molecule has 0 saturated carbocycles. The molecular formula is C6H8BrF2N. The van der Waals surface area contributed by atoms with Gasteiger partial charge in [-0.2, -0.15) is 5.26 Å². The van der Waals surface area contributed by atoms with E-state index in [1.165, 1.54) is 6.92 Å². The van der Waals surface area contributed by atoms with Gasteiger partial charge < -0.3 is 0 Å². The highest BCUT2D eigenvalue weighted by atomic mass is 79.9. The number of rotatable bonds is 3. The fraction of sp³-hybridized carbons (Fsp3) is 0.833. The van der Waals surface area contributed by atoms with Gasteiger partial charge >= 0.3 is 0 Å². The highest BCUT2D eigenvalue weighted by Gasteiger charge is 2.29. The minimum absolute atomic E-state index is 0.366. The molecular weight excluding hydrogens is 204 g/mol. The molecule has 1 unspecified atom stereocenters. The highest BCUT2D eigenvalue weighted by Crippen LogP contribution is 2.24. The second kappa shape index (κ2) is 3.87. The van der Waals surface area contributed by atoms with Gasteiger partial charge in [0.2, 0.25) is 0 Å². The number of nitriles is 1. The summed E-state index contributed by atoms with van der Waals surface area (Å²) in [7, 11) is 0. The zero-order chi connectivity index (χ0) is 8.20. The van der Waals surface area contributed by atoms with Crippen molar-refractivity contribution in [3.63, 3.8) is 0 Å². The van der Waals surface area contributed by atoms with Crippen molar-refractivity contribution in [2.45, 2.75) is 19.3 Å². The van der Waals surface area contributed by atoms with Crippen molar-refractivity contribution in [3.05, 3.63) is 0 Å². The zero-order valence-electron chi connectivity index (χ0n) is 5.57. The number of hydrogen-bond acceptors (Lipinski definition) is 1. The van der Waals surface area contributed by atoms with Crippen LogP contribution in [0.25, 0.3) is 0 Å². The number of halogens is 3. The van der Waals surface area contributed by atoms with Crippen molar-refractivity contribution >= 4 is 15.9 Å². The quantitative estimate of drug-likeness (QED) is 0.659. The van der Waals surface area contributed by atoms with Crippen molar-refractivity contribution in [1.29, 1.82) is 5.26 Å². The Labute approximate surface area is 67.2 Å². The molecule has 0 aromatic heterocycles. The number of alkyl halides is 3. The maximum Gasteiger partial charge on any atom is 0.258 e. The lowest BCUT2D eigenvalue weighted by Crippen LogP contribution is -2.20. The zero-order valence-corrected chi connectivity index (χ0v) is 7.16. The Balaban J connectivity index is 3.79. The fourth-order valence-electron chi connectivity index (χ4n) is 0.548. The van der Waals surface area contributed by atoms with Crippen LogP contribution in [0.15, 0.2) is 0 Å². The van der Waals surface area contributed by atoms with E-state index in [-0.39, 0.29) is 11.8 Å². The third kappa shape index (κ3) is 3.78. The normalized spacial score (nSPS) is 14.3. The Morgan fingerprint density at radius 2 is 2.20 bits per heavy atom.